The molecule has 0 unspecified atom stereocenters. The van der Waals surface area contributed by atoms with Crippen LogP contribution in [0.1, 0.15) is 83.7 Å². The molecule has 3 N–H and O–H groups in total. The van der Waals surface area contributed by atoms with Gasteiger partial charge in [0.2, 0.25) is 5.91 Å². The molecule has 2 amide bonds. The molecule has 216 valence electrons. The minimum atomic E-state index is -1.09. The number of aromatic nitrogens is 1. The van der Waals surface area contributed by atoms with E-state index in [1.807, 2.05) is 24.3 Å². The highest BCUT2D eigenvalue weighted by atomic mass is 16.5. The molecule has 0 saturated heterocycles. The minimum absolute atomic E-state index is 0.127. The third-order valence-electron chi connectivity index (χ3n) is 8.82. The summed E-state index contributed by atoms with van der Waals surface area (Å²) in [5.41, 5.74) is 10.6. The predicted molar refractivity (Wildman–Crippen MR) is 164 cm³/mol. The SMILES string of the molecule is CC(C)(NC(=O)c1ccc2c(C3CCCCC3)c3n(c2c1)CCOc1ccccc1-3)C(=O)Cc1ccc(C(N)=O)cc1. The summed E-state index contributed by atoms with van der Waals surface area (Å²) in [5, 5.41) is 4.16. The Morgan fingerprint density at radius 1 is 0.952 bits per heavy atom. The number of nitrogens with two attached hydrogens (primary N) is 1. The molecule has 0 bridgehead atoms. The summed E-state index contributed by atoms with van der Waals surface area (Å²) in [4.78, 5) is 38.2. The van der Waals surface area contributed by atoms with E-state index in [-0.39, 0.29) is 18.1 Å². The number of carbonyl (C=O) groups excluding carboxylic acids is 3. The summed E-state index contributed by atoms with van der Waals surface area (Å²) in [6.45, 7) is 4.69. The van der Waals surface area contributed by atoms with E-state index >= 15 is 0 Å². The van der Waals surface area contributed by atoms with Gasteiger partial charge >= 0.3 is 0 Å². The highest BCUT2D eigenvalue weighted by Gasteiger charge is 2.32. The van der Waals surface area contributed by atoms with Crippen molar-refractivity contribution in [1.82, 2.24) is 9.88 Å². The van der Waals surface area contributed by atoms with Gasteiger partial charge in [-0.3, -0.25) is 14.4 Å². The molecule has 2 aliphatic rings. The molecule has 0 radical (unpaired) electrons. The molecular weight excluding hydrogens is 526 g/mol. The second-order valence-corrected chi connectivity index (χ2v) is 12.1. The van der Waals surface area contributed by atoms with E-state index in [4.69, 9.17) is 10.5 Å². The Hall–Kier alpha value is -4.39. The number of Topliss-reactive ketones (excluding diaryl/α,β-unsaturated/α-hetero) is 1. The molecular formula is C35H37N3O4. The Labute approximate surface area is 246 Å². The van der Waals surface area contributed by atoms with Gasteiger partial charge in [0.1, 0.15) is 12.4 Å². The Bertz CT molecular complexity index is 1680. The molecule has 7 heteroatoms. The Balaban J connectivity index is 1.32. The molecule has 6 rings (SSSR count). The third kappa shape index (κ3) is 5.20. The molecule has 1 aliphatic carbocycles. The molecule has 1 fully saturated rings. The number of nitrogens with one attached hydrogen (secondary N) is 1. The summed E-state index contributed by atoms with van der Waals surface area (Å²) in [7, 11) is 0. The predicted octanol–water partition coefficient (Wildman–Crippen LogP) is 6.17. The number of para-hydroxylation sites is 1. The van der Waals surface area contributed by atoms with Crippen LogP contribution in [0.15, 0.2) is 66.7 Å². The van der Waals surface area contributed by atoms with Gasteiger partial charge in [-0.1, -0.05) is 49.6 Å². The van der Waals surface area contributed by atoms with Gasteiger partial charge in [0.15, 0.2) is 5.78 Å². The van der Waals surface area contributed by atoms with Crippen LogP contribution in [-0.4, -0.2) is 34.3 Å². The number of rotatable bonds is 7. The fourth-order valence-electron chi connectivity index (χ4n) is 6.50. The standard InChI is InChI=1S/C35H37N3O4/c1-35(2,30(39)20-22-12-14-24(15-13-22)33(36)40)37-34(41)25-16-17-26-28(21-25)38-18-19-42-29-11-7-6-10-27(29)32(38)31(26)23-8-4-3-5-9-23/h6-7,10-17,21,23H,3-5,8-9,18-20H2,1-2H3,(H2,36,40)(H,37,41). The number of ketones is 1. The van der Waals surface area contributed by atoms with Crippen LogP contribution in [-0.2, 0) is 17.8 Å². The second kappa shape index (κ2) is 11.1. The maximum Gasteiger partial charge on any atom is 0.252 e. The molecule has 42 heavy (non-hydrogen) atoms. The van der Waals surface area contributed by atoms with Crippen LogP contribution in [0.3, 0.4) is 0 Å². The first-order valence-electron chi connectivity index (χ1n) is 14.9. The smallest absolute Gasteiger partial charge is 0.252 e. The van der Waals surface area contributed by atoms with E-state index in [0.29, 0.717) is 30.2 Å². The number of benzene rings is 3. The first kappa shape index (κ1) is 27.8. The van der Waals surface area contributed by atoms with Crippen LogP contribution in [0.5, 0.6) is 5.75 Å². The largest absolute Gasteiger partial charge is 0.491 e. The minimum Gasteiger partial charge on any atom is -0.491 e. The molecule has 1 aromatic heterocycles. The van der Waals surface area contributed by atoms with Crippen molar-refractivity contribution in [2.75, 3.05) is 6.61 Å². The van der Waals surface area contributed by atoms with E-state index in [1.54, 1.807) is 38.1 Å². The zero-order valence-electron chi connectivity index (χ0n) is 24.2. The molecule has 0 atom stereocenters. The number of hydrogen-bond acceptors (Lipinski definition) is 4. The summed E-state index contributed by atoms with van der Waals surface area (Å²) >= 11 is 0. The van der Waals surface area contributed by atoms with E-state index in [0.717, 1.165) is 22.4 Å². The van der Waals surface area contributed by atoms with Crippen molar-refractivity contribution in [3.05, 3.63) is 89.0 Å². The first-order valence-corrected chi connectivity index (χ1v) is 14.9. The monoisotopic (exact) mass is 563 g/mol. The second-order valence-electron chi connectivity index (χ2n) is 12.1. The average molecular weight is 564 g/mol. The van der Waals surface area contributed by atoms with Gasteiger partial charge < -0.3 is 20.4 Å². The number of nitrogens with zero attached hydrogens (tertiary/aromatic N) is 1. The van der Waals surface area contributed by atoms with Crippen LogP contribution >= 0.6 is 0 Å². The molecule has 1 aliphatic heterocycles. The summed E-state index contributed by atoms with van der Waals surface area (Å²) in [6.07, 6.45) is 6.20. The fourth-order valence-corrected chi connectivity index (χ4v) is 6.50. The fraction of sp³-hybridized carbons (Fsp3) is 0.343. The number of hydrogen-bond donors (Lipinski definition) is 2. The van der Waals surface area contributed by atoms with Gasteiger partial charge in [0, 0.05) is 34.0 Å². The van der Waals surface area contributed by atoms with E-state index in [1.165, 1.54) is 48.7 Å². The topological polar surface area (TPSA) is 103 Å². The molecule has 0 spiro atoms. The number of primary amides is 1. The highest BCUT2D eigenvalue weighted by Crippen LogP contribution is 2.47. The van der Waals surface area contributed by atoms with E-state index < -0.39 is 11.4 Å². The van der Waals surface area contributed by atoms with Crippen LogP contribution in [0.4, 0.5) is 0 Å². The van der Waals surface area contributed by atoms with Crippen LogP contribution in [0.2, 0.25) is 0 Å². The van der Waals surface area contributed by atoms with Crippen molar-refractivity contribution in [2.24, 2.45) is 5.73 Å². The van der Waals surface area contributed by atoms with Gasteiger partial charge in [0.25, 0.3) is 5.91 Å². The van der Waals surface area contributed by atoms with Crippen molar-refractivity contribution in [3.8, 4) is 17.0 Å². The number of carbonyl (C=O) groups is 3. The molecule has 3 aromatic carbocycles. The van der Waals surface area contributed by atoms with E-state index in [2.05, 4.69) is 28.1 Å². The molecule has 1 saturated carbocycles. The van der Waals surface area contributed by atoms with E-state index in [9.17, 15) is 14.4 Å². The van der Waals surface area contributed by atoms with Crippen molar-refractivity contribution in [2.45, 2.75) is 70.4 Å². The van der Waals surface area contributed by atoms with Crippen molar-refractivity contribution < 1.29 is 19.1 Å². The summed E-state index contributed by atoms with van der Waals surface area (Å²) < 4.78 is 8.48. The first-order chi connectivity index (χ1) is 20.2. The van der Waals surface area contributed by atoms with Gasteiger partial charge in [-0.2, -0.15) is 0 Å². The van der Waals surface area contributed by atoms with Gasteiger partial charge in [-0.15, -0.1) is 0 Å². The van der Waals surface area contributed by atoms with Crippen LogP contribution in [0, 0.1) is 0 Å². The summed E-state index contributed by atoms with van der Waals surface area (Å²) in [6, 6.07) is 20.8. The van der Waals surface area contributed by atoms with Gasteiger partial charge in [-0.25, -0.2) is 0 Å². The quantitative estimate of drug-likeness (QED) is 0.281. The van der Waals surface area contributed by atoms with Crippen LogP contribution in [0.25, 0.3) is 22.2 Å². The zero-order chi connectivity index (χ0) is 29.4. The third-order valence-corrected chi connectivity index (χ3v) is 8.82. The van der Waals surface area contributed by atoms with Crippen molar-refractivity contribution in [3.63, 3.8) is 0 Å². The molecule has 7 nitrogen and oxygen atoms in total. The highest BCUT2D eigenvalue weighted by molar-refractivity contribution is 6.03. The van der Waals surface area contributed by atoms with Gasteiger partial charge in [0.05, 0.1) is 17.8 Å². The Kier molecular flexibility index (Phi) is 7.35. The van der Waals surface area contributed by atoms with Crippen LogP contribution < -0.4 is 15.8 Å². The maximum absolute atomic E-state index is 13.6. The normalized spacial score (nSPS) is 15.3. The number of fused-ring (bicyclic) bond motifs is 5. The average Bonchev–Trinajstić information content (AvgIpc) is 3.18. The van der Waals surface area contributed by atoms with Gasteiger partial charge in [-0.05, 0) is 80.1 Å². The Morgan fingerprint density at radius 3 is 2.40 bits per heavy atom. The lowest BCUT2D eigenvalue weighted by Gasteiger charge is -2.25. The maximum atomic E-state index is 13.6. The van der Waals surface area contributed by atoms with Crippen molar-refractivity contribution in [1.29, 1.82) is 0 Å². The lowest BCUT2D eigenvalue weighted by atomic mass is 9.81. The molecule has 2 heterocycles. The molecule has 4 aromatic rings. The van der Waals surface area contributed by atoms with Crippen molar-refractivity contribution >= 4 is 28.5 Å². The summed E-state index contributed by atoms with van der Waals surface area (Å²) in [5.74, 6) is 0.434. The Morgan fingerprint density at radius 2 is 1.67 bits per heavy atom. The zero-order valence-corrected chi connectivity index (χ0v) is 24.2. The lowest BCUT2D eigenvalue weighted by molar-refractivity contribution is -0.123. The number of ether oxygens (including phenoxy) is 1. The lowest BCUT2D eigenvalue weighted by Crippen LogP contribution is -2.50. The number of amides is 2.